The second kappa shape index (κ2) is 3.64. The van der Waals surface area contributed by atoms with Crippen LogP contribution in [0.3, 0.4) is 0 Å². The molecule has 1 aromatic carbocycles. The zero-order valence-electron chi connectivity index (χ0n) is 6.24. The van der Waals surface area contributed by atoms with Crippen LogP contribution in [0.25, 0.3) is 0 Å². The molecule has 0 N–H and O–H groups in total. The molecule has 0 aliphatic rings. The molecule has 3 heteroatoms. The molecule has 1 atom stereocenters. The van der Waals surface area contributed by atoms with Crippen molar-refractivity contribution in [2.75, 3.05) is 0 Å². The van der Waals surface area contributed by atoms with Gasteiger partial charge >= 0.3 is 0 Å². The van der Waals surface area contributed by atoms with Crippen LogP contribution >= 0.6 is 0 Å². The highest BCUT2D eigenvalue weighted by atomic mass is 32.2. The van der Waals surface area contributed by atoms with E-state index in [1.54, 1.807) is 0 Å². The minimum atomic E-state index is -1.97. The van der Waals surface area contributed by atoms with E-state index >= 15 is 0 Å². The third kappa shape index (κ3) is 2.82. The molecule has 0 amide bonds. The summed E-state index contributed by atoms with van der Waals surface area (Å²) < 4.78 is 20.5. The van der Waals surface area contributed by atoms with Crippen molar-refractivity contribution in [3.8, 4) is 0 Å². The number of benzene rings is 1. The van der Waals surface area contributed by atoms with E-state index in [4.69, 9.17) is 0 Å². The summed E-state index contributed by atoms with van der Waals surface area (Å²) in [6, 6.07) is 7.46. The second-order valence-corrected chi connectivity index (χ2v) is 3.33. The molecule has 1 aromatic rings. The molecule has 2 nitrogen and oxygen atoms in total. The summed E-state index contributed by atoms with van der Waals surface area (Å²) in [5, 5.41) is 0. The van der Waals surface area contributed by atoms with Gasteiger partial charge < -0.3 is 4.55 Å². The lowest BCUT2D eigenvalue weighted by Crippen LogP contribution is -1.92. The Hall–Kier alpha value is -0.670. The van der Waals surface area contributed by atoms with Gasteiger partial charge in [0.05, 0.1) is 0 Å². The average molecular weight is 169 g/mol. The van der Waals surface area contributed by atoms with Crippen molar-refractivity contribution < 1.29 is 8.76 Å². The van der Waals surface area contributed by atoms with Gasteiger partial charge in [-0.2, -0.15) is 0 Å². The SMILES string of the molecule is Cc1ccc(CS(=O)[O-])cc1. The third-order valence-corrected chi connectivity index (χ3v) is 1.97. The molecule has 0 heterocycles. The van der Waals surface area contributed by atoms with Gasteiger partial charge in [0, 0.05) is 5.75 Å². The largest absolute Gasteiger partial charge is 0.772 e. The van der Waals surface area contributed by atoms with Crippen LogP contribution in [0.4, 0.5) is 0 Å². The van der Waals surface area contributed by atoms with Crippen LogP contribution in [0.1, 0.15) is 11.1 Å². The molecular weight excluding hydrogens is 160 g/mol. The van der Waals surface area contributed by atoms with E-state index in [0.717, 1.165) is 11.1 Å². The quantitative estimate of drug-likeness (QED) is 0.627. The Labute approximate surface area is 68.5 Å². The summed E-state index contributed by atoms with van der Waals surface area (Å²) in [5.74, 6) is 0.111. The minimum Gasteiger partial charge on any atom is -0.772 e. The third-order valence-electron chi connectivity index (χ3n) is 1.41. The number of aryl methyl sites for hydroxylation is 1. The van der Waals surface area contributed by atoms with E-state index in [1.165, 1.54) is 0 Å². The summed E-state index contributed by atoms with van der Waals surface area (Å²) >= 11 is -1.97. The molecule has 0 aromatic heterocycles. The van der Waals surface area contributed by atoms with Gasteiger partial charge in [0.25, 0.3) is 0 Å². The van der Waals surface area contributed by atoms with Crippen molar-refractivity contribution >= 4 is 11.1 Å². The zero-order valence-corrected chi connectivity index (χ0v) is 7.06. The lowest BCUT2D eigenvalue weighted by Gasteiger charge is -2.04. The fourth-order valence-electron chi connectivity index (χ4n) is 0.820. The first kappa shape index (κ1) is 8.43. The number of rotatable bonds is 2. The molecule has 0 bridgehead atoms. The lowest BCUT2D eigenvalue weighted by molar-refractivity contribution is 0.536. The highest BCUT2D eigenvalue weighted by Gasteiger charge is 1.90. The predicted molar refractivity (Wildman–Crippen MR) is 43.8 cm³/mol. The minimum absolute atomic E-state index is 0.111. The number of hydrogen-bond donors (Lipinski definition) is 0. The topological polar surface area (TPSA) is 40.1 Å². The summed E-state index contributed by atoms with van der Waals surface area (Å²) in [6.07, 6.45) is 0. The molecule has 11 heavy (non-hydrogen) atoms. The Kier molecular flexibility index (Phi) is 2.79. The van der Waals surface area contributed by atoms with Gasteiger partial charge in [0.15, 0.2) is 0 Å². The van der Waals surface area contributed by atoms with E-state index in [1.807, 2.05) is 31.2 Å². The molecular formula is C8H9O2S-. The summed E-state index contributed by atoms with van der Waals surface area (Å²) in [7, 11) is 0. The molecule has 0 fully saturated rings. The first-order valence-corrected chi connectivity index (χ1v) is 4.54. The van der Waals surface area contributed by atoms with Crippen LogP contribution in [0.5, 0.6) is 0 Å². The fourth-order valence-corrected chi connectivity index (χ4v) is 1.29. The van der Waals surface area contributed by atoms with Gasteiger partial charge in [0.2, 0.25) is 0 Å². The predicted octanol–water partition coefficient (Wildman–Crippen LogP) is 1.37. The Bertz CT molecular complexity index is 253. The van der Waals surface area contributed by atoms with Crippen molar-refractivity contribution in [3.05, 3.63) is 35.4 Å². The van der Waals surface area contributed by atoms with Crippen LogP contribution in [0, 0.1) is 6.92 Å². The molecule has 1 rings (SSSR count). The van der Waals surface area contributed by atoms with Crippen LogP contribution in [0.2, 0.25) is 0 Å². The Balaban J connectivity index is 2.74. The second-order valence-electron chi connectivity index (χ2n) is 2.43. The first-order valence-electron chi connectivity index (χ1n) is 3.30. The molecule has 0 radical (unpaired) electrons. The summed E-state index contributed by atoms with van der Waals surface area (Å²) in [5.41, 5.74) is 1.98. The average Bonchev–Trinajstić information content (AvgIpc) is 1.93. The van der Waals surface area contributed by atoms with Crippen molar-refractivity contribution in [3.63, 3.8) is 0 Å². The van der Waals surface area contributed by atoms with Crippen LogP contribution in [-0.2, 0) is 16.8 Å². The normalized spacial score (nSPS) is 12.9. The van der Waals surface area contributed by atoms with Crippen molar-refractivity contribution in [2.45, 2.75) is 12.7 Å². The molecule has 0 saturated carbocycles. The van der Waals surface area contributed by atoms with Crippen LogP contribution in [0.15, 0.2) is 24.3 Å². The summed E-state index contributed by atoms with van der Waals surface area (Å²) in [6.45, 7) is 1.97. The van der Waals surface area contributed by atoms with Gasteiger partial charge in [-0.3, -0.25) is 4.21 Å². The van der Waals surface area contributed by atoms with Crippen LogP contribution < -0.4 is 0 Å². The van der Waals surface area contributed by atoms with Gasteiger partial charge in [-0.1, -0.05) is 40.9 Å². The van der Waals surface area contributed by atoms with Gasteiger partial charge in [-0.05, 0) is 12.5 Å². The van der Waals surface area contributed by atoms with Gasteiger partial charge in [0.1, 0.15) is 0 Å². The van der Waals surface area contributed by atoms with Gasteiger partial charge in [-0.15, -0.1) is 0 Å². The smallest absolute Gasteiger partial charge is 0.0353 e. The zero-order chi connectivity index (χ0) is 8.27. The monoisotopic (exact) mass is 169 g/mol. The van der Waals surface area contributed by atoms with E-state index in [9.17, 15) is 8.76 Å². The van der Waals surface area contributed by atoms with Gasteiger partial charge in [-0.25, -0.2) is 0 Å². The Morgan fingerprint density at radius 1 is 1.36 bits per heavy atom. The van der Waals surface area contributed by atoms with E-state index in [-0.39, 0.29) is 5.75 Å². The maximum absolute atomic E-state index is 10.3. The maximum Gasteiger partial charge on any atom is 0.0353 e. The fraction of sp³-hybridized carbons (Fsp3) is 0.250. The molecule has 60 valence electrons. The first-order chi connectivity index (χ1) is 5.18. The number of hydrogen-bond acceptors (Lipinski definition) is 2. The standard InChI is InChI=1S/C8H10O2S/c1-7-2-4-8(5-3-7)6-11(9)10/h2-5H,6H2,1H3,(H,9,10)/p-1. The van der Waals surface area contributed by atoms with E-state index < -0.39 is 11.1 Å². The van der Waals surface area contributed by atoms with Crippen molar-refractivity contribution in [2.24, 2.45) is 0 Å². The van der Waals surface area contributed by atoms with Crippen molar-refractivity contribution in [1.82, 2.24) is 0 Å². The highest BCUT2D eigenvalue weighted by Crippen LogP contribution is 2.04. The van der Waals surface area contributed by atoms with Crippen LogP contribution in [-0.4, -0.2) is 8.76 Å². The molecule has 0 aliphatic heterocycles. The summed E-state index contributed by atoms with van der Waals surface area (Å²) in [4.78, 5) is 0. The molecule has 0 spiro atoms. The molecule has 1 unspecified atom stereocenters. The molecule has 0 aliphatic carbocycles. The highest BCUT2D eigenvalue weighted by molar-refractivity contribution is 7.78. The van der Waals surface area contributed by atoms with Crippen molar-refractivity contribution in [1.29, 1.82) is 0 Å². The Morgan fingerprint density at radius 3 is 2.36 bits per heavy atom. The lowest BCUT2D eigenvalue weighted by atomic mass is 10.2. The maximum atomic E-state index is 10.3. The van der Waals surface area contributed by atoms with E-state index in [0.29, 0.717) is 0 Å². The molecule has 0 saturated heterocycles. The Morgan fingerprint density at radius 2 is 1.91 bits per heavy atom. The van der Waals surface area contributed by atoms with E-state index in [2.05, 4.69) is 0 Å².